The number of sulfonamides is 1. The van der Waals surface area contributed by atoms with Gasteiger partial charge in [-0.15, -0.1) is 0 Å². The van der Waals surface area contributed by atoms with Gasteiger partial charge >= 0.3 is 6.18 Å². The maximum absolute atomic E-state index is 14.5. The number of benzene rings is 2. The summed E-state index contributed by atoms with van der Waals surface area (Å²) in [6.45, 7) is -0.0995. The summed E-state index contributed by atoms with van der Waals surface area (Å²) in [6, 6.07) is 12.7. The molecular formula is C20H16F3N5O4S2. The summed E-state index contributed by atoms with van der Waals surface area (Å²) in [5, 5.41) is 2.02. The Bertz CT molecular complexity index is 1500. The molecule has 0 spiro atoms. The summed E-state index contributed by atoms with van der Waals surface area (Å²) in [6.07, 6.45) is -5.54. The van der Waals surface area contributed by atoms with Crippen LogP contribution in [0, 0.1) is 4.77 Å². The summed E-state index contributed by atoms with van der Waals surface area (Å²) in [5.74, 6) is -2.35. The van der Waals surface area contributed by atoms with Gasteiger partial charge in [0.2, 0.25) is 15.6 Å². The zero-order valence-electron chi connectivity index (χ0n) is 17.0. The van der Waals surface area contributed by atoms with Gasteiger partial charge in [-0.05, 0) is 42.0 Å². The van der Waals surface area contributed by atoms with Crippen molar-refractivity contribution in [1.82, 2.24) is 14.3 Å². The number of aromatic amines is 1. The molecule has 5 N–H and O–H groups in total. The van der Waals surface area contributed by atoms with Crippen LogP contribution in [-0.2, 0) is 26.9 Å². The minimum absolute atomic E-state index is 0.0995. The number of carbonyl (C=O) groups is 1. The standard InChI is InChI=1S/C20H16F3N5O4S2/c21-20(22,23)19(27-34(31,32)13-8-6-12(24)7-9-13)14-15(25-17(19)30)28(18(33)26-16(14)29)10-11-4-2-1-3-5-11/h1-9,27H,10,24H2,(H,25,30)(H,26,29,33)/t19-/m0/s1. The van der Waals surface area contributed by atoms with E-state index in [1.807, 2.05) is 5.32 Å². The number of amides is 1. The zero-order valence-corrected chi connectivity index (χ0v) is 18.6. The maximum Gasteiger partial charge on any atom is 0.421 e. The number of carbonyl (C=O) groups excluding carboxylic acids is 1. The van der Waals surface area contributed by atoms with Gasteiger partial charge in [0.25, 0.3) is 11.5 Å². The van der Waals surface area contributed by atoms with Crippen molar-refractivity contribution in [1.29, 1.82) is 0 Å². The highest BCUT2D eigenvalue weighted by molar-refractivity contribution is 7.89. The number of nitrogens with zero attached hydrogens (tertiary/aromatic N) is 1. The molecule has 0 saturated carbocycles. The molecule has 1 aliphatic rings. The topological polar surface area (TPSA) is 139 Å². The average Bonchev–Trinajstić information content (AvgIpc) is 3.05. The highest BCUT2D eigenvalue weighted by atomic mass is 32.2. The molecule has 34 heavy (non-hydrogen) atoms. The molecule has 178 valence electrons. The van der Waals surface area contributed by atoms with Crippen LogP contribution in [0.5, 0.6) is 0 Å². The second-order valence-corrected chi connectivity index (χ2v) is 9.50. The summed E-state index contributed by atoms with van der Waals surface area (Å²) in [7, 11) is -4.95. The largest absolute Gasteiger partial charge is 0.421 e. The molecule has 1 aromatic heterocycles. The van der Waals surface area contributed by atoms with E-state index in [2.05, 4.69) is 4.98 Å². The van der Waals surface area contributed by atoms with Crippen molar-refractivity contribution in [3.63, 3.8) is 0 Å². The van der Waals surface area contributed by atoms with Crippen molar-refractivity contribution in [2.75, 3.05) is 11.1 Å². The fraction of sp³-hybridized carbons (Fsp3) is 0.150. The minimum atomic E-state index is -5.54. The van der Waals surface area contributed by atoms with Gasteiger partial charge < -0.3 is 11.1 Å². The van der Waals surface area contributed by atoms with Crippen molar-refractivity contribution >= 4 is 39.7 Å². The van der Waals surface area contributed by atoms with Crippen LogP contribution in [0.3, 0.4) is 0 Å². The van der Waals surface area contributed by atoms with E-state index < -0.39 is 49.5 Å². The van der Waals surface area contributed by atoms with Crippen LogP contribution in [-0.4, -0.2) is 30.1 Å². The van der Waals surface area contributed by atoms with Crippen LogP contribution in [0.15, 0.2) is 64.3 Å². The Balaban J connectivity index is 1.94. The first-order chi connectivity index (χ1) is 15.9. The molecule has 4 rings (SSSR count). The smallest absolute Gasteiger partial charge is 0.399 e. The fourth-order valence-corrected chi connectivity index (χ4v) is 5.19. The number of aromatic nitrogens is 2. The number of nitrogens with one attached hydrogen (secondary N) is 3. The molecule has 0 aliphatic carbocycles. The van der Waals surface area contributed by atoms with Crippen molar-refractivity contribution in [3.8, 4) is 0 Å². The van der Waals surface area contributed by atoms with Gasteiger partial charge in [-0.1, -0.05) is 30.3 Å². The van der Waals surface area contributed by atoms with E-state index in [4.69, 9.17) is 18.0 Å². The molecule has 14 heteroatoms. The molecule has 3 aromatic rings. The third kappa shape index (κ3) is 3.78. The molecule has 0 radical (unpaired) electrons. The number of fused-ring (bicyclic) bond motifs is 1. The zero-order chi connectivity index (χ0) is 24.9. The van der Waals surface area contributed by atoms with Crippen LogP contribution in [0.4, 0.5) is 24.7 Å². The highest BCUT2D eigenvalue weighted by Gasteiger charge is 2.69. The Hall–Kier alpha value is -3.49. The second-order valence-electron chi connectivity index (χ2n) is 7.43. The van der Waals surface area contributed by atoms with E-state index in [0.717, 1.165) is 16.7 Å². The monoisotopic (exact) mass is 511 g/mol. The molecule has 2 heterocycles. The molecule has 0 saturated heterocycles. The summed E-state index contributed by atoms with van der Waals surface area (Å²) < 4.78 is 71.5. The number of alkyl halides is 3. The number of anilines is 2. The third-order valence-corrected chi connectivity index (χ3v) is 7.02. The molecule has 1 aliphatic heterocycles. The predicted octanol–water partition coefficient (Wildman–Crippen LogP) is 2.22. The molecule has 1 atom stereocenters. The van der Waals surface area contributed by atoms with E-state index in [0.29, 0.717) is 5.56 Å². The first-order valence-electron chi connectivity index (χ1n) is 9.56. The van der Waals surface area contributed by atoms with E-state index in [1.54, 1.807) is 30.3 Å². The number of nitrogens with two attached hydrogens (primary N) is 1. The predicted molar refractivity (Wildman–Crippen MR) is 119 cm³/mol. The fourth-order valence-electron chi connectivity index (χ4n) is 3.61. The quantitative estimate of drug-likeness (QED) is 0.306. The van der Waals surface area contributed by atoms with Crippen molar-refractivity contribution < 1.29 is 26.4 Å². The van der Waals surface area contributed by atoms with Crippen LogP contribution in [0.1, 0.15) is 11.1 Å². The Labute approximate surface area is 195 Å². The van der Waals surface area contributed by atoms with Crippen LogP contribution < -0.4 is 21.3 Å². The van der Waals surface area contributed by atoms with Crippen LogP contribution in [0.25, 0.3) is 0 Å². The molecule has 0 fully saturated rings. The van der Waals surface area contributed by atoms with Gasteiger partial charge in [-0.3, -0.25) is 19.1 Å². The van der Waals surface area contributed by atoms with Gasteiger partial charge in [0, 0.05) is 5.69 Å². The lowest BCUT2D eigenvalue weighted by atomic mass is 9.93. The van der Waals surface area contributed by atoms with Gasteiger partial charge in [0.1, 0.15) is 5.82 Å². The Morgan fingerprint density at radius 1 is 1.06 bits per heavy atom. The summed E-state index contributed by atoms with van der Waals surface area (Å²) in [5.41, 5.74) is -0.138. The van der Waals surface area contributed by atoms with Crippen LogP contribution >= 0.6 is 12.2 Å². The molecule has 1 amide bonds. The van der Waals surface area contributed by atoms with Crippen LogP contribution in [0.2, 0.25) is 0 Å². The Morgan fingerprint density at radius 2 is 1.68 bits per heavy atom. The number of H-pyrrole nitrogens is 1. The van der Waals surface area contributed by atoms with Gasteiger partial charge in [0.15, 0.2) is 4.77 Å². The lowest BCUT2D eigenvalue weighted by Crippen LogP contribution is -2.61. The van der Waals surface area contributed by atoms with Gasteiger partial charge in [0.05, 0.1) is 17.0 Å². The first kappa shape index (κ1) is 23.7. The van der Waals surface area contributed by atoms with E-state index in [-0.39, 0.29) is 17.0 Å². The lowest BCUT2D eigenvalue weighted by molar-refractivity contribution is -0.194. The van der Waals surface area contributed by atoms with E-state index >= 15 is 0 Å². The SMILES string of the molecule is Nc1ccc(S(=O)(=O)N[C@]2(C(F)(F)F)C(=O)Nc3c2c(=O)[nH]c(=S)n3Cc2ccccc2)cc1. The Morgan fingerprint density at radius 3 is 2.26 bits per heavy atom. The summed E-state index contributed by atoms with van der Waals surface area (Å²) in [4.78, 5) is 27.1. The first-order valence-corrected chi connectivity index (χ1v) is 11.5. The second kappa shape index (κ2) is 8.07. The van der Waals surface area contributed by atoms with E-state index in [1.165, 1.54) is 16.9 Å². The summed E-state index contributed by atoms with van der Waals surface area (Å²) >= 11 is 5.11. The number of hydrogen-bond acceptors (Lipinski definition) is 6. The van der Waals surface area contributed by atoms with Crippen molar-refractivity contribution in [3.05, 3.63) is 80.8 Å². The van der Waals surface area contributed by atoms with E-state index in [9.17, 15) is 31.2 Å². The normalized spacial score (nSPS) is 17.9. The molecular weight excluding hydrogens is 495 g/mol. The minimum Gasteiger partial charge on any atom is -0.399 e. The molecule has 2 aromatic carbocycles. The van der Waals surface area contributed by atoms with Gasteiger partial charge in [-0.2, -0.15) is 17.9 Å². The Kier molecular flexibility index (Phi) is 5.62. The average molecular weight is 512 g/mol. The van der Waals surface area contributed by atoms with Crippen molar-refractivity contribution in [2.45, 2.75) is 23.2 Å². The number of halogens is 3. The number of rotatable bonds is 5. The third-order valence-electron chi connectivity index (χ3n) is 5.23. The lowest BCUT2D eigenvalue weighted by Gasteiger charge is -2.29. The number of nitrogen functional groups attached to an aromatic ring is 1. The molecule has 9 nitrogen and oxygen atoms in total. The molecule has 0 unspecified atom stereocenters. The van der Waals surface area contributed by atoms with Gasteiger partial charge in [-0.25, -0.2) is 8.42 Å². The maximum atomic E-state index is 14.5. The highest BCUT2D eigenvalue weighted by Crippen LogP contribution is 2.46. The van der Waals surface area contributed by atoms with Crippen molar-refractivity contribution in [2.24, 2.45) is 0 Å². The number of hydrogen-bond donors (Lipinski definition) is 4. The molecule has 0 bridgehead atoms.